The highest BCUT2D eigenvalue weighted by atomic mass is 19.1. The number of hydrogen-bond donors (Lipinski definition) is 0. The molecule has 6 heteroatoms. The van der Waals surface area contributed by atoms with E-state index in [2.05, 4.69) is 0 Å². The summed E-state index contributed by atoms with van der Waals surface area (Å²) in [5, 5.41) is 9.09. The number of rotatable bonds is 3. The van der Waals surface area contributed by atoms with E-state index in [0.29, 0.717) is 5.56 Å². The van der Waals surface area contributed by atoms with Gasteiger partial charge in [0.05, 0.1) is 6.07 Å². The predicted octanol–water partition coefficient (Wildman–Crippen LogP) is 4.56. The van der Waals surface area contributed by atoms with E-state index in [1.165, 1.54) is 29.2 Å². The molecule has 0 saturated carbocycles. The van der Waals surface area contributed by atoms with E-state index in [1.54, 1.807) is 20.8 Å². The first-order chi connectivity index (χ1) is 11.6. The maximum Gasteiger partial charge on any atom is 0.410 e. The largest absolute Gasteiger partial charge is 0.444 e. The lowest BCUT2D eigenvalue weighted by atomic mass is 9.76. The summed E-state index contributed by atoms with van der Waals surface area (Å²) in [6.07, 6.45) is -0.200. The monoisotopic (exact) mass is 350 g/mol. The lowest BCUT2D eigenvalue weighted by Gasteiger charge is -2.40. The van der Waals surface area contributed by atoms with Crippen molar-refractivity contribution in [2.24, 2.45) is 0 Å². The number of alkyl halides is 1. The summed E-state index contributed by atoms with van der Waals surface area (Å²) in [6.45, 7) is 5.81. The van der Waals surface area contributed by atoms with Crippen LogP contribution in [-0.4, -0.2) is 35.4 Å². The van der Waals surface area contributed by atoms with Crippen LogP contribution in [0.2, 0.25) is 0 Å². The third-order valence-electron chi connectivity index (χ3n) is 4.44. The predicted molar refractivity (Wildman–Crippen MR) is 90.3 cm³/mol. The number of likely N-dealkylation sites (tertiary alicyclic amines) is 1. The minimum atomic E-state index is -1.61. The van der Waals surface area contributed by atoms with Crippen molar-refractivity contribution in [3.05, 3.63) is 35.6 Å². The second-order valence-corrected chi connectivity index (χ2v) is 7.47. The van der Waals surface area contributed by atoms with E-state index >= 15 is 4.39 Å². The van der Waals surface area contributed by atoms with E-state index in [4.69, 9.17) is 10.00 Å². The molecule has 1 saturated heterocycles. The van der Waals surface area contributed by atoms with Gasteiger partial charge in [-0.3, -0.25) is 0 Å². The van der Waals surface area contributed by atoms with E-state index in [1.807, 2.05) is 6.07 Å². The number of hydrogen-bond acceptors (Lipinski definition) is 3. The molecule has 0 aliphatic carbocycles. The van der Waals surface area contributed by atoms with Crippen molar-refractivity contribution in [3.8, 4) is 6.07 Å². The highest BCUT2D eigenvalue weighted by molar-refractivity contribution is 5.68. The summed E-state index contributed by atoms with van der Waals surface area (Å²) in [5.74, 6) is -1.04. The Bertz CT molecular complexity index is 639. The molecule has 1 aromatic rings. The number of carbonyl (C=O) groups excluding carboxylic acids is 1. The number of amides is 1. The molecule has 4 nitrogen and oxygen atoms in total. The van der Waals surface area contributed by atoms with Gasteiger partial charge < -0.3 is 9.64 Å². The molecule has 1 aliphatic rings. The molecular formula is C19H24F2N2O2. The molecule has 1 aromatic carbocycles. The lowest BCUT2D eigenvalue weighted by Crippen LogP contribution is -2.48. The Morgan fingerprint density at radius 3 is 2.36 bits per heavy atom. The maximum atomic E-state index is 15.6. The molecule has 136 valence electrons. The van der Waals surface area contributed by atoms with Crippen molar-refractivity contribution in [3.63, 3.8) is 0 Å². The molecule has 1 heterocycles. The van der Waals surface area contributed by atoms with Crippen molar-refractivity contribution in [2.75, 3.05) is 13.1 Å². The van der Waals surface area contributed by atoms with Crippen molar-refractivity contribution in [1.82, 2.24) is 4.90 Å². The molecule has 25 heavy (non-hydrogen) atoms. The Kier molecular flexibility index (Phi) is 5.66. The number of ether oxygens (including phenoxy) is 1. The molecule has 1 aliphatic heterocycles. The minimum Gasteiger partial charge on any atom is -0.444 e. The van der Waals surface area contributed by atoms with Crippen molar-refractivity contribution in [2.45, 2.75) is 57.2 Å². The highest BCUT2D eigenvalue weighted by Gasteiger charge is 2.44. The summed E-state index contributed by atoms with van der Waals surface area (Å²) in [7, 11) is 0. The zero-order valence-electron chi connectivity index (χ0n) is 14.9. The second kappa shape index (κ2) is 7.38. The molecule has 0 N–H and O–H groups in total. The summed E-state index contributed by atoms with van der Waals surface area (Å²) < 4.78 is 34.0. The minimum absolute atomic E-state index is 0.00850. The van der Waals surface area contributed by atoms with Crippen LogP contribution in [-0.2, 0) is 4.74 Å². The number of benzene rings is 1. The Hall–Kier alpha value is -2.16. The number of halogens is 2. The van der Waals surface area contributed by atoms with Crippen LogP contribution < -0.4 is 0 Å². The molecule has 2 rings (SSSR count). The van der Waals surface area contributed by atoms with Gasteiger partial charge in [0.15, 0.2) is 0 Å². The fourth-order valence-corrected chi connectivity index (χ4v) is 3.12. The van der Waals surface area contributed by atoms with E-state index < -0.39 is 29.1 Å². The van der Waals surface area contributed by atoms with Gasteiger partial charge in [-0.2, -0.15) is 5.26 Å². The molecule has 1 unspecified atom stereocenters. The van der Waals surface area contributed by atoms with Crippen molar-refractivity contribution < 1.29 is 18.3 Å². The van der Waals surface area contributed by atoms with Gasteiger partial charge in [-0.1, -0.05) is 12.1 Å². The fourth-order valence-electron chi connectivity index (χ4n) is 3.12. The number of piperidine rings is 1. The SMILES string of the molecule is CC(C)(C)OC(=O)N1CCC(F)(C(CC#N)c2ccc(F)cc2)CC1. The molecule has 0 aromatic heterocycles. The number of nitrogens with zero attached hydrogens (tertiary/aromatic N) is 2. The first-order valence-corrected chi connectivity index (χ1v) is 8.44. The Balaban J connectivity index is 2.09. The smallest absolute Gasteiger partial charge is 0.410 e. The summed E-state index contributed by atoms with van der Waals surface area (Å²) in [6, 6.07) is 7.64. The van der Waals surface area contributed by atoms with Crippen LogP contribution in [0.5, 0.6) is 0 Å². The lowest BCUT2D eigenvalue weighted by molar-refractivity contribution is -0.00336. The quantitative estimate of drug-likeness (QED) is 0.803. The molecule has 1 amide bonds. The van der Waals surface area contributed by atoms with Gasteiger partial charge >= 0.3 is 6.09 Å². The summed E-state index contributed by atoms with van der Waals surface area (Å²) >= 11 is 0. The molecule has 1 atom stereocenters. The van der Waals surface area contributed by atoms with Gasteiger partial charge in [-0.05, 0) is 51.3 Å². The van der Waals surface area contributed by atoms with E-state index in [0.717, 1.165) is 0 Å². The van der Waals surface area contributed by atoms with Crippen LogP contribution in [0.4, 0.5) is 13.6 Å². The van der Waals surface area contributed by atoms with Crippen molar-refractivity contribution >= 4 is 6.09 Å². The zero-order valence-corrected chi connectivity index (χ0v) is 14.9. The van der Waals surface area contributed by atoms with Crippen LogP contribution in [0.3, 0.4) is 0 Å². The second-order valence-electron chi connectivity index (χ2n) is 7.47. The molecule has 0 radical (unpaired) electrons. The maximum absolute atomic E-state index is 15.6. The number of carbonyl (C=O) groups is 1. The zero-order chi connectivity index (χ0) is 18.7. The van der Waals surface area contributed by atoms with Gasteiger partial charge in [-0.25, -0.2) is 13.6 Å². The molecule has 1 fully saturated rings. The Morgan fingerprint density at radius 2 is 1.88 bits per heavy atom. The van der Waals surface area contributed by atoms with Crippen LogP contribution >= 0.6 is 0 Å². The molecular weight excluding hydrogens is 326 g/mol. The first-order valence-electron chi connectivity index (χ1n) is 8.44. The van der Waals surface area contributed by atoms with Gasteiger partial charge in [0.25, 0.3) is 0 Å². The van der Waals surface area contributed by atoms with Gasteiger partial charge in [0.2, 0.25) is 0 Å². The number of nitriles is 1. The standard InChI is InChI=1S/C19H24F2N2O2/c1-18(2,3)25-17(24)23-12-9-19(21,10-13-23)16(8-11-22)14-4-6-15(20)7-5-14/h4-7,16H,8-10,12-13H2,1-3H3. The molecule has 0 spiro atoms. The average molecular weight is 350 g/mol. The topological polar surface area (TPSA) is 53.3 Å². The highest BCUT2D eigenvalue weighted by Crippen LogP contribution is 2.42. The summed E-state index contributed by atoms with van der Waals surface area (Å²) in [5.41, 5.74) is -1.60. The average Bonchev–Trinajstić information content (AvgIpc) is 2.52. The Labute approximate surface area is 147 Å². The van der Waals surface area contributed by atoms with Crippen LogP contribution in [0.15, 0.2) is 24.3 Å². The molecule has 0 bridgehead atoms. The van der Waals surface area contributed by atoms with Gasteiger partial charge in [0, 0.05) is 25.4 Å². The van der Waals surface area contributed by atoms with Crippen LogP contribution in [0.25, 0.3) is 0 Å². The first kappa shape index (κ1) is 19.2. The normalized spacial score (nSPS) is 18.3. The summed E-state index contributed by atoms with van der Waals surface area (Å²) in [4.78, 5) is 13.6. The third kappa shape index (κ3) is 4.91. The van der Waals surface area contributed by atoms with E-state index in [-0.39, 0.29) is 32.4 Å². The fraction of sp³-hybridized carbons (Fsp3) is 0.579. The van der Waals surface area contributed by atoms with Gasteiger partial charge in [0.1, 0.15) is 17.1 Å². The van der Waals surface area contributed by atoms with E-state index in [9.17, 15) is 9.18 Å². The van der Waals surface area contributed by atoms with Crippen molar-refractivity contribution in [1.29, 1.82) is 5.26 Å². The van der Waals surface area contributed by atoms with Crippen LogP contribution in [0, 0.1) is 17.1 Å². The third-order valence-corrected chi connectivity index (χ3v) is 4.44. The van der Waals surface area contributed by atoms with Gasteiger partial charge in [-0.15, -0.1) is 0 Å². The van der Waals surface area contributed by atoms with Crippen LogP contribution in [0.1, 0.15) is 51.5 Å². The Morgan fingerprint density at radius 1 is 1.32 bits per heavy atom.